The van der Waals surface area contributed by atoms with E-state index in [1.54, 1.807) is 0 Å². The quantitative estimate of drug-likeness (QED) is 0.638. The lowest BCUT2D eigenvalue weighted by atomic mass is 9.87. The summed E-state index contributed by atoms with van der Waals surface area (Å²) in [6, 6.07) is 3.45. The Hall–Kier alpha value is -1.08. The number of morpholine rings is 1. The summed E-state index contributed by atoms with van der Waals surface area (Å²) in [5.41, 5.74) is 3.15. The van der Waals surface area contributed by atoms with Crippen LogP contribution in [0.5, 0.6) is 0 Å². The van der Waals surface area contributed by atoms with Gasteiger partial charge in [-0.3, -0.25) is 16.2 Å². The van der Waals surface area contributed by atoms with Gasteiger partial charge in [-0.15, -0.1) is 0 Å². The van der Waals surface area contributed by atoms with Crippen LogP contribution in [0.1, 0.15) is 19.4 Å². The van der Waals surface area contributed by atoms with Gasteiger partial charge in [0, 0.05) is 30.7 Å². The number of rotatable bonds is 5. The van der Waals surface area contributed by atoms with Gasteiger partial charge >= 0.3 is 0 Å². The van der Waals surface area contributed by atoms with Crippen LogP contribution in [0.25, 0.3) is 0 Å². The van der Waals surface area contributed by atoms with Crippen molar-refractivity contribution in [1.82, 2.24) is 10.3 Å². The van der Waals surface area contributed by atoms with Crippen molar-refractivity contribution in [2.45, 2.75) is 31.8 Å². The first-order chi connectivity index (χ1) is 9.93. The zero-order chi connectivity index (χ0) is 15.5. The Labute approximate surface area is 124 Å². The molecular formula is C15H23F2N3O. The van der Waals surface area contributed by atoms with Gasteiger partial charge in [0.1, 0.15) is 11.6 Å². The van der Waals surface area contributed by atoms with Crippen LogP contribution >= 0.6 is 0 Å². The fourth-order valence-corrected chi connectivity index (χ4v) is 2.84. The predicted molar refractivity (Wildman–Crippen MR) is 77.6 cm³/mol. The SMILES string of the molecule is CC(C)(C(Cc1cc(F)cc(F)c1)NN)N1CCOCC1. The maximum absolute atomic E-state index is 13.3. The Morgan fingerprint density at radius 2 is 1.81 bits per heavy atom. The topological polar surface area (TPSA) is 50.5 Å². The Kier molecular flexibility index (Phi) is 5.27. The molecule has 1 aliphatic heterocycles. The average Bonchev–Trinajstić information content (AvgIpc) is 2.44. The van der Waals surface area contributed by atoms with Gasteiger partial charge in [0.2, 0.25) is 0 Å². The summed E-state index contributed by atoms with van der Waals surface area (Å²) in [7, 11) is 0. The molecule has 4 nitrogen and oxygen atoms in total. The molecule has 118 valence electrons. The molecule has 0 radical (unpaired) electrons. The molecule has 1 aliphatic rings. The van der Waals surface area contributed by atoms with E-state index in [9.17, 15) is 8.78 Å². The van der Waals surface area contributed by atoms with E-state index in [1.807, 2.05) is 0 Å². The lowest BCUT2D eigenvalue weighted by Crippen LogP contribution is -2.62. The molecule has 0 aliphatic carbocycles. The first kappa shape index (κ1) is 16.3. The molecule has 1 heterocycles. The first-order valence-corrected chi connectivity index (χ1v) is 7.17. The highest BCUT2D eigenvalue weighted by molar-refractivity contribution is 5.20. The fourth-order valence-electron chi connectivity index (χ4n) is 2.84. The van der Waals surface area contributed by atoms with Crippen molar-refractivity contribution in [3.05, 3.63) is 35.4 Å². The van der Waals surface area contributed by atoms with Gasteiger partial charge in [0.15, 0.2) is 0 Å². The molecule has 1 aromatic carbocycles. The maximum atomic E-state index is 13.3. The summed E-state index contributed by atoms with van der Waals surface area (Å²) < 4.78 is 32.0. The van der Waals surface area contributed by atoms with E-state index in [-0.39, 0.29) is 11.6 Å². The van der Waals surface area contributed by atoms with Gasteiger partial charge in [-0.1, -0.05) is 0 Å². The van der Waals surface area contributed by atoms with Crippen molar-refractivity contribution in [3.8, 4) is 0 Å². The molecule has 1 aromatic rings. The maximum Gasteiger partial charge on any atom is 0.126 e. The van der Waals surface area contributed by atoms with Gasteiger partial charge in [-0.25, -0.2) is 8.78 Å². The average molecular weight is 299 g/mol. The minimum Gasteiger partial charge on any atom is -0.379 e. The number of hydrazine groups is 1. The molecule has 6 heteroatoms. The van der Waals surface area contributed by atoms with Crippen LogP contribution in [-0.2, 0) is 11.2 Å². The summed E-state index contributed by atoms with van der Waals surface area (Å²) in [6.07, 6.45) is 0.454. The van der Waals surface area contributed by atoms with Crippen molar-refractivity contribution in [2.24, 2.45) is 5.84 Å². The Bertz CT molecular complexity index is 456. The molecule has 2 rings (SSSR count). The van der Waals surface area contributed by atoms with E-state index in [0.29, 0.717) is 25.2 Å². The third-order valence-electron chi connectivity index (χ3n) is 4.24. The highest BCUT2D eigenvalue weighted by Crippen LogP contribution is 2.23. The molecule has 3 N–H and O–H groups in total. The van der Waals surface area contributed by atoms with E-state index < -0.39 is 11.6 Å². The fraction of sp³-hybridized carbons (Fsp3) is 0.600. The molecule has 1 unspecified atom stereocenters. The minimum absolute atomic E-state index is 0.128. The van der Waals surface area contributed by atoms with E-state index in [0.717, 1.165) is 19.2 Å². The van der Waals surface area contributed by atoms with Crippen molar-refractivity contribution >= 4 is 0 Å². The molecule has 0 aromatic heterocycles. The molecular weight excluding hydrogens is 276 g/mol. The van der Waals surface area contributed by atoms with Gasteiger partial charge in [0.05, 0.1) is 13.2 Å². The van der Waals surface area contributed by atoms with E-state index in [2.05, 4.69) is 24.2 Å². The van der Waals surface area contributed by atoms with E-state index >= 15 is 0 Å². The zero-order valence-electron chi connectivity index (χ0n) is 12.5. The van der Waals surface area contributed by atoms with Crippen LogP contribution < -0.4 is 11.3 Å². The number of halogens is 2. The molecule has 1 fully saturated rings. The molecule has 0 amide bonds. The number of ether oxygens (including phenoxy) is 1. The second-order valence-corrected chi connectivity index (χ2v) is 5.95. The van der Waals surface area contributed by atoms with E-state index in [1.165, 1.54) is 12.1 Å². The summed E-state index contributed by atoms with van der Waals surface area (Å²) in [4.78, 5) is 2.29. The van der Waals surface area contributed by atoms with Crippen LogP contribution in [-0.4, -0.2) is 42.8 Å². The van der Waals surface area contributed by atoms with Crippen LogP contribution in [0.15, 0.2) is 18.2 Å². The summed E-state index contributed by atoms with van der Waals surface area (Å²) in [6.45, 7) is 7.19. The zero-order valence-corrected chi connectivity index (χ0v) is 12.5. The van der Waals surface area contributed by atoms with E-state index in [4.69, 9.17) is 10.6 Å². The second-order valence-electron chi connectivity index (χ2n) is 5.95. The van der Waals surface area contributed by atoms with Crippen molar-refractivity contribution in [3.63, 3.8) is 0 Å². The second kappa shape index (κ2) is 6.79. The summed E-state index contributed by atoms with van der Waals surface area (Å²) in [5.74, 6) is 4.56. The molecule has 1 atom stereocenters. The predicted octanol–water partition coefficient (Wildman–Crippen LogP) is 1.45. The van der Waals surface area contributed by atoms with Crippen LogP contribution in [0, 0.1) is 11.6 Å². The lowest BCUT2D eigenvalue weighted by Gasteiger charge is -2.45. The summed E-state index contributed by atoms with van der Waals surface area (Å²) in [5, 5.41) is 0. The van der Waals surface area contributed by atoms with Gasteiger partial charge < -0.3 is 4.74 Å². The standard InChI is InChI=1S/C15H23F2N3O/c1-15(2,20-3-5-21-6-4-20)14(19-18)9-11-7-12(16)10-13(17)8-11/h7-8,10,14,19H,3-6,9,18H2,1-2H3. The highest BCUT2D eigenvalue weighted by atomic mass is 19.1. The van der Waals surface area contributed by atoms with Gasteiger partial charge in [0.25, 0.3) is 0 Å². The summed E-state index contributed by atoms with van der Waals surface area (Å²) >= 11 is 0. The largest absolute Gasteiger partial charge is 0.379 e. The minimum atomic E-state index is -0.565. The number of nitrogens with zero attached hydrogens (tertiary/aromatic N) is 1. The molecule has 0 saturated carbocycles. The van der Waals surface area contributed by atoms with Crippen LogP contribution in [0.2, 0.25) is 0 Å². The van der Waals surface area contributed by atoms with Gasteiger partial charge in [-0.05, 0) is 38.0 Å². The third-order valence-corrected chi connectivity index (χ3v) is 4.24. The molecule has 0 spiro atoms. The number of benzene rings is 1. The Morgan fingerprint density at radius 1 is 1.24 bits per heavy atom. The Balaban J connectivity index is 2.13. The van der Waals surface area contributed by atoms with Crippen molar-refractivity contribution < 1.29 is 13.5 Å². The third kappa shape index (κ3) is 3.97. The molecule has 21 heavy (non-hydrogen) atoms. The number of nitrogens with two attached hydrogens (primary N) is 1. The van der Waals surface area contributed by atoms with Crippen molar-refractivity contribution in [2.75, 3.05) is 26.3 Å². The number of hydrogen-bond acceptors (Lipinski definition) is 4. The number of nitrogens with one attached hydrogen (secondary N) is 1. The van der Waals surface area contributed by atoms with Crippen molar-refractivity contribution in [1.29, 1.82) is 0 Å². The molecule has 0 bridgehead atoms. The van der Waals surface area contributed by atoms with Crippen LogP contribution in [0.3, 0.4) is 0 Å². The highest BCUT2D eigenvalue weighted by Gasteiger charge is 2.35. The monoisotopic (exact) mass is 299 g/mol. The van der Waals surface area contributed by atoms with Crippen LogP contribution in [0.4, 0.5) is 8.78 Å². The normalized spacial score (nSPS) is 18.7. The first-order valence-electron chi connectivity index (χ1n) is 7.17. The lowest BCUT2D eigenvalue weighted by molar-refractivity contribution is -0.0233. The van der Waals surface area contributed by atoms with Gasteiger partial charge in [-0.2, -0.15) is 0 Å². The smallest absolute Gasteiger partial charge is 0.126 e. The molecule has 1 saturated heterocycles. The Morgan fingerprint density at radius 3 is 2.33 bits per heavy atom. The number of hydrogen-bond donors (Lipinski definition) is 2.